The number of carbonyl (C=O) groups is 1. The molecule has 2 aromatic rings. The molecule has 0 bridgehead atoms. The summed E-state index contributed by atoms with van der Waals surface area (Å²) in [6, 6.07) is 4.05. The predicted molar refractivity (Wildman–Crippen MR) is 72.1 cm³/mol. The van der Waals surface area contributed by atoms with E-state index in [0.717, 1.165) is 12.8 Å². The van der Waals surface area contributed by atoms with E-state index in [2.05, 4.69) is 10.1 Å². The molecule has 1 saturated carbocycles. The molecule has 1 fully saturated rings. The van der Waals surface area contributed by atoms with Gasteiger partial charge in [0.2, 0.25) is 5.89 Å². The van der Waals surface area contributed by atoms with Crippen molar-refractivity contribution in [2.45, 2.75) is 38.5 Å². The van der Waals surface area contributed by atoms with Crippen molar-refractivity contribution in [3.05, 3.63) is 34.1 Å². The zero-order chi connectivity index (χ0) is 13.1. The molecule has 2 heterocycles. The van der Waals surface area contributed by atoms with Crippen molar-refractivity contribution in [1.29, 1.82) is 0 Å². The minimum atomic E-state index is 0.215. The summed E-state index contributed by atoms with van der Waals surface area (Å²) in [7, 11) is 0. The van der Waals surface area contributed by atoms with E-state index in [1.54, 1.807) is 11.3 Å². The van der Waals surface area contributed by atoms with Gasteiger partial charge < -0.3 is 4.52 Å². The lowest BCUT2D eigenvalue weighted by Crippen LogP contribution is -2.13. The van der Waals surface area contributed by atoms with Crippen molar-refractivity contribution in [2.24, 2.45) is 5.92 Å². The van der Waals surface area contributed by atoms with Crippen LogP contribution in [0.1, 0.15) is 42.3 Å². The van der Waals surface area contributed by atoms with Gasteiger partial charge in [0.05, 0.1) is 6.42 Å². The summed E-state index contributed by atoms with van der Waals surface area (Å²) in [4.78, 5) is 17.5. The van der Waals surface area contributed by atoms with Crippen LogP contribution in [0.15, 0.2) is 22.0 Å². The van der Waals surface area contributed by atoms with E-state index < -0.39 is 0 Å². The van der Waals surface area contributed by atoms with Crippen molar-refractivity contribution in [3.8, 4) is 0 Å². The largest absolute Gasteiger partial charge is 0.339 e. The van der Waals surface area contributed by atoms with E-state index in [1.165, 1.54) is 17.7 Å². The van der Waals surface area contributed by atoms with Crippen molar-refractivity contribution in [3.63, 3.8) is 0 Å². The molecule has 4 nitrogen and oxygen atoms in total. The van der Waals surface area contributed by atoms with Crippen LogP contribution in [0, 0.1) is 5.92 Å². The second-order valence-electron chi connectivity index (χ2n) is 4.98. The molecule has 2 aromatic heterocycles. The molecule has 1 aliphatic carbocycles. The summed E-state index contributed by atoms with van der Waals surface area (Å²) < 4.78 is 5.17. The maximum Gasteiger partial charge on any atom is 0.234 e. The van der Waals surface area contributed by atoms with Crippen LogP contribution in [0.5, 0.6) is 0 Å². The van der Waals surface area contributed by atoms with Crippen LogP contribution in [0.25, 0.3) is 0 Å². The summed E-state index contributed by atoms with van der Waals surface area (Å²) in [5, 5.41) is 5.97. The van der Waals surface area contributed by atoms with Crippen LogP contribution in [0.3, 0.4) is 0 Å². The smallest absolute Gasteiger partial charge is 0.234 e. The van der Waals surface area contributed by atoms with Gasteiger partial charge in [-0.15, -0.1) is 11.3 Å². The minimum absolute atomic E-state index is 0.215. The van der Waals surface area contributed by atoms with Gasteiger partial charge in [0.25, 0.3) is 0 Å². The molecular weight excluding hydrogens is 260 g/mol. The fourth-order valence-corrected chi connectivity index (χ4v) is 3.25. The lowest BCUT2D eigenvalue weighted by Gasteiger charge is -2.04. The third kappa shape index (κ3) is 3.10. The number of Topliss-reactive ketones (excluding diaryl/α,β-unsaturated/α-hetero) is 1. The normalized spacial score (nSPS) is 16.0. The van der Waals surface area contributed by atoms with E-state index in [0.29, 0.717) is 24.6 Å². The monoisotopic (exact) mass is 276 g/mol. The Morgan fingerprint density at radius 3 is 3.00 bits per heavy atom. The molecule has 0 saturated heterocycles. The molecule has 0 amide bonds. The Labute approximate surface area is 115 Å². The predicted octanol–water partition coefficient (Wildman–Crippen LogP) is 3.02. The topological polar surface area (TPSA) is 56.0 Å². The summed E-state index contributed by atoms with van der Waals surface area (Å²) in [6.07, 6.45) is 5.36. The highest BCUT2D eigenvalue weighted by molar-refractivity contribution is 7.09. The summed E-state index contributed by atoms with van der Waals surface area (Å²) >= 11 is 1.67. The van der Waals surface area contributed by atoms with Crippen LogP contribution in [0.4, 0.5) is 0 Å². The maximum absolute atomic E-state index is 12.0. The second-order valence-corrected chi connectivity index (χ2v) is 6.02. The van der Waals surface area contributed by atoms with Crippen LogP contribution >= 0.6 is 11.3 Å². The Morgan fingerprint density at radius 2 is 2.26 bits per heavy atom. The zero-order valence-corrected chi connectivity index (χ0v) is 11.5. The molecule has 0 aliphatic heterocycles. The van der Waals surface area contributed by atoms with Crippen molar-refractivity contribution in [1.82, 2.24) is 10.1 Å². The lowest BCUT2D eigenvalue weighted by atomic mass is 10.0. The molecule has 5 heteroatoms. The third-order valence-electron chi connectivity index (χ3n) is 3.56. The van der Waals surface area contributed by atoms with Crippen LogP contribution in [-0.4, -0.2) is 15.9 Å². The van der Waals surface area contributed by atoms with Gasteiger partial charge >= 0.3 is 0 Å². The quantitative estimate of drug-likeness (QED) is 0.842. The first-order valence-corrected chi connectivity index (χ1v) is 7.56. The number of hydrogen-bond donors (Lipinski definition) is 0. The van der Waals surface area contributed by atoms with Gasteiger partial charge in [-0.05, 0) is 24.3 Å². The van der Waals surface area contributed by atoms with E-state index >= 15 is 0 Å². The highest BCUT2D eigenvalue weighted by Crippen LogP contribution is 2.26. The Balaban J connectivity index is 1.60. The molecule has 0 spiro atoms. The third-order valence-corrected chi connectivity index (χ3v) is 4.43. The SMILES string of the molecule is O=C(Cc1nc(Cc2cccs2)no1)C1CCCC1. The highest BCUT2D eigenvalue weighted by atomic mass is 32.1. The van der Waals surface area contributed by atoms with E-state index in [-0.39, 0.29) is 11.7 Å². The van der Waals surface area contributed by atoms with Gasteiger partial charge in [-0.2, -0.15) is 4.98 Å². The van der Waals surface area contributed by atoms with Crippen molar-refractivity contribution in [2.75, 3.05) is 0 Å². The summed E-state index contributed by atoms with van der Waals surface area (Å²) in [6.45, 7) is 0. The molecule has 0 unspecified atom stereocenters. The van der Waals surface area contributed by atoms with Gasteiger partial charge in [0, 0.05) is 17.2 Å². The second kappa shape index (κ2) is 5.65. The standard InChI is InChI=1S/C14H16N2O2S/c17-12(10-4-1-2-5-10)9-14-15-13(16-18-14)8-11-6-3-7-19-11/h3,6-7,10H,1-2,4-5,8-9H2. The fourth-order valence-electron chi connectivity index (χ4n) is 2.54. The van der Waals surface area contributed by atoms with Gasteiger partial charge in [0.15, 0.2) is 5.82 Å². The Hall–Kier alpha value is -1.49. The molecule has 0 atom stereocenters. The molecule has 1 aliphatic rings. The van der Waals surface area contributed by atoms with Crippen LogP contribution in [-0.2, 0) is 17.6 Å². The Kier molecular flexibility index (Phi) is 3.73. The Morgan fingerprint density at radius 1 is 1.42 bits per heavy atom. The zero-order valence-electron chi connectivity index (χ0n) is 10.7. The molecular formula is C14H16N2O2S. The number of rotatable bonds is 5. The average molecular weight is 276 g/mol. The van der Waals surface area contributed by atoms with Gasteiger partial charge in [0.1, 0.15) is 5.78 Å². The molecule has 3 rings (SSSR count). The van der Waals surface area contributed by atoms with E-state index in [1.807, 2.05) is 17.5 Å². The first-order valence-electron chi connectivity index (χ1n) is 6.68. The first kappa shape index (κ1) is 12.5. The van der Waals surface area contributed by atoms with E-state index in [4.69, 9.17) is 4.52 Å². The number of carbonyl (C=O) groups excluding carboxylic acids is 1. The number of ketones is 1. The van der Waals surface area contributed by atoms with Crippen molar-refractivity contribution < 1.29 is 9.32 Å². The lowest BCUT2D eigenvalue weighted by molar-refractivity contribution is -0.122. The average Bonchev–Trinajstić information content (AvgIpc) is 3.10. The number of aromatic nitrogens is 2. The molecule has 19 heavy (non-hydrogen) atoms. The number of nitrogens with zero attached hydrogens (tertiary/aromatic N) is 2. The van der Waals surface area contributed by atoms with Crippen LogP contribution in [0.2, 0.25) is 0 Å². The first-order chi connectivity index (χ1) is 9.31. The van der Waals surface area contributed by atoms with Gasteiger partial charge in [-0.25, -0.2) is 0 Å². The van der Waals surface area contributed by atoms with Crippen molar-refractivity contribution >= 4 is 17.1 Å². The van der Waals surface area contributed by atoms with Gasteiger partial charge in [-0.3, -0.25) is 4.79 Å². The summed E-state index contributed by atoms with van der Waals surface area (Å²) in [5.41, 5.74) is 0. The van der Waals surface area contributed by atoms with Crippen LogP contribution < -0.4 is 0 Å². The number of hydrogen-bond acceptors (Lipinski definition) is 5. The minimum Gasteiger partial charge on any atom is -0.339 e. The molecule has 0 aromatic carbocycles. The molecule has 0 radical (unpaired) electrons. The Bertz CT molecular complexity index is 542. The molecule has 0 N–H and O–H groups in total. The molecule has 100 valence electrons. The van der Waals surface area contributed by atoms with Gasteiger partial charge in [-0.1, -0.05) is 24.1 Å². The van der Waals surface area contributed by atoms with E-state index in [9.17, 15) is 4.79 Å². The highest BCUT2D eigenvalue weighted by Gasteiger charge is 2.24. The maximum atomic E-state index is 12.0. The fraction of sp³-hybridized carbons (Fsp3) is 0.500. The summed E-state index contributed by atoms with van der Waals surface area (Å²) in [5.74, 6) is 1.59. The number of thiophene rings is 1.